The van der Waals surface area contributed by atoms with Gasteiger partial charge in [-0.1, -0.05) is 6.92 Å². The number of aromatic nitrogens is 2. The Bertz CT molecular complexity index is 421. The first kappa shape index (κ1) is 10.4. The molecule has 1 aromatic heterocycles. The number of aryl methyl sites for hydroxylation is 1. The summed E-state index contributed by atoms with van der Waals surface area (Å²) < 4.78 is 2.82. The van der Waals surface area contributed by atoms with Crippen molar-refractivity contribution < 1.29 is 4.79 Å². The van der Waals surface area contributed by atoms with E-state index in [1.54, 1.807) is 0 Å². The lowest BCUT2D eigenvalue weighted by atomic mass is 10.2. The molecule has 0 spiro atoms. The Morgan fingerprint density at radius 2 is 2.47 bits per heavy atom. The van der Waals surface area contributed by atoms with Gasteiger partial charge < -0.3 is 14.9 Å². The Hall–Kier alpha value is -1.10. The molecule has 0 aliphatic carbocycles. The Balaban J connectivity index is 2.13. The van der Waals surface area contributed by atoms with Crippen molar-refractivity contribution in [2.45, 2.75) is 38.8 Å². The molecule has 2 N–H and O–H groups in total. The van der Waals surface area contributed by atoms with E-state index in [4.69, 9.17) is 12.2 Å². The summed E-state index contributed by atoms with van der Waals surface area (Å²) >= 11 is 5.20. The zero-order valence-corrected chi connectivity index (χ0v) is 9.56. The van der Waals surface area contributed by atoms with E-state index in [9.17, 15) is 4.79 Å². The van der Waals surface area contributed by atoms with E-state index in [1.165, 1.54) is 5.69 Å². The quantitative estimate of drug-likeness (QED) is 0.764. The van der Waals surface area contributed by atoms with Gasteiger partial charge in [0.15, 0.2) is 4.77 Å². The monoisotopic (exact) mass is 225 g/mol. The second-order valence-corrected chi connectivity index (χ2v) is 4.24. The molecule has 2 rings (SSSR count). The van der Waals surface area contributed by atoms with Crippen molar-refractivity contribution in [2.24, 2.45) is 0 Å². The maximum Gasteiger partial charge on any atom is 0.220 e. The van der Waals surface area contributed by atoms with Gasteiger partial charge in [-0.25, -0.2) is 0 Å². The van der Waals surface area contributed by atoms with Gasteiger partial charge in [0, 0.05) is 30.9 Å². The van der Waals surface area contributed by atoms with Crippen LogP contribution in [0.15, 0.2) is 6.20 Å². The number of carbonyl (C=O) groups excluding carboxylic acids is 1. The summed E-state index contributed by atoms with van der Waals surface area (Å²) in [5, 5.41) is 2.95. The fourth-order valence-electron chi connectivity index (χ4n) is 1.96. The van der Waals surface area contributed by atoms with Crippen LogP contribution in [0.2, 0.25) is 0 Å². The third-order valence-electron chi connectivity index (χ3n) is 2.80. The highest BCUT2D eigenvalue weighted by molar-refractivity contribution is 7.71. The lowest BCUT2D eigenvalue weighted by molar-refractivity contribution is -0.119. The SMILES string of the molecule is CCc1c[nH]c(=S)n1CC1CCC(=O)N1. The van der Waals surface area contributed by atoms with Crippen LogP contribution in [0.1, 0.15) is 25.5 Å². The van der Waals surface area contributed by atoms with Gasteiger partial charge in [-0.05, 0) is 25.1 Å². The summed E-state index contributed by atoms with van der Waals surface area (Å²) in [6, 6.07) is 0.241. The van der Waals surface area contributed by atoms with Crippen molar-refractivity contribution >= 4 is 18.1 Å². The van der Waals surface area contributed by atoms with E-state index in [2.05, 4.69) is 21.8 Å². The van der Waals surface area contributed by atoms with Crippen LogP contribution < -0.4 is 5.32 Å². The molecule has 1 atom stereocenters. The summed E-state index contributed by atoms with van der Waals surface area (Å²) in [6.45, 7) is 2.89. The molecule has 15 heavy (non-hydrogen) atoms. The lowest BCUT2D eigenvalue weighted by Crippen LogP contribution is -2.30. The number of rotatable bonds is 3. The molecule has 1 aromatic rings. The average molecular weight is 225 g/mol. The van der Waals surface area contributed by atoms with E-state index >= 15 is 0 Å². The van der Waals surface area contributed by atoms with Crippen LogP contribution in [-0.4, -0.2) is 21.5 Å². The number of aromatic amines is 1. The summed E-state index contributed by atoms with van der Waals surface area (Å²) in [5.74, 6) is 0.153. The van der Waals surface area contributed by atoms with E-state index in [1.807, 2.05) is 6.20 Å². The maximum atomic E-state index is 11.1. The molecular weight excluding hydrogens is 210 g/mol. The highest BCUT2D eigenvalue weighted by Crippen LogP contribution is 2.11. The molecule has 0 aromatic carbocycles. The van der Waals surface area contributed by atoms with E-state index < -0.39 is 0 Å². The smallest absolute Gasteiger partial charge is 0.220 e. The molecule has 5 heteroatoms. The largest absolute Gasteiger partial charge is 0.352 e. The van der Waals surface area contributed by atoms with Gasteiger partial charge in [0.25, 0.3) is 0 Å². The standard InChI is InChI=1S/C10H15N3OS/c1-2-8-5-11-10(15)13(8)6-7-3-4-9(14)12-7/h5,7H,2-4,6H2,1H3,(H,11,15)(H,12,14). The molecule has 0 saturated carbocycles. The fraction of sp³-hybridized carbons (Fsp3) is 0.600. The molecule has 0 radical (unpaired) electrons. The van der Waals surface area contributed by atoms with Crippen molar-refractivity contribution in [2.75, 3.05) is 0 Å². The van der Waals surface area contributed by atoms with Crippen molar-refractivity contribution in [1.29, 1.82) is 0 Å². The minimum atomic E-state index is 0.153. The first-order chi connectivity index (χ1) is 7.20. The number of nitrogens with zero attached hydrogens (tertiary/aromatic N) is 1. The minimum Gasteiger partial charge on any atom is -0.352 e. The summed E-state index contributed by atoms with van der Waals surface area (Å²) in [6.07, 6.45) is 4.45. The second kappa shape index (κ2) is 4.18. The van der Waals surface area contributed by atoms with Crippen molar-refractivity contribution in [3.63, 3.8) is 0 Å². The third kappa shape index (κ3) is 2.12. The van der Waals surface area contributed by atoms with Crippen molar-refractivity contribution in [1.82, 2.24) is 14.9 Å². The van der Waals surface area contributed by atoms with Crippen molar-refractivity contribution in [3.05, 3.63) is 16.7 Å². The van der Waals surface area contributed by atoms with Crippen LogP contribution in [0, 0.1) is 4.77 Å². The molecule has 1 amide bonds. The zero-order valence-electron chi connectivity index (χ0n) is 8.75. The normalized spacial score (nSPS) is 20.6. The Kier molecular flexibility index (Phi) is 2.90. The highest BCUT2D eigenvalue weighted by atomic mass is 32.1. The molecule has 82 valence electrons. The number of amides is 1. The number of H-pyrrole nitrogens is 1. The number of imidazole rings is 1. The number of hydrogen-bond acceptors (Lipinski definition) is 2. The second-order valence-electron chi connectivity index (χ2n) is 3.85. The number of hydrogen-bond donors (Lipinski definition) is 2. The Morgan fingerprint density at radius 3 is 3.07 bits per heavy atom. The van der Waals surface area contributed by atoms with Gasteiger partial charge in [-0.15, -0.1) is 0 Å². The highest BCUT2D eigenvalue weighted by Gasteiger charge is 2.21. The Labute approximate surface area is 93.7 Å². The molecule has 1 aliphatic heterocycles. The number of nitrogens with one attached hydrogen (secondary N) is 2. The number of carbonyl (C=O) groups is 1. The molecule has 1 aliphatic rings. The van der Waals surface area contributed by atoms with Crippen LogP contribution in [0.5, 0.6) is 0 Å². The Morgan fingerprint density at radius 1 is 1.67 bits per heavy atom. The average Bonchev–Trinajstić information content (AvgIpc) is 2.76. The molecule has 4 nitrogen and oxygen atoms in total. The molecule has 2 heterocycles. The van der Waals surface area contributed by atoms with Crippen LogP contribution in [-0.2, 0) is 17.8 Å². The molecule has 1 unspecified atom stereocenters. The first-order valence-electron chi connectivity index (χ1n) is 5.27. The van der Waals surface area contributed by atoms with Gasteiger partial charge in [-0.2, -0.15) is 0 Å². The molecule has 0 bridgehead atoms. The van der Waals surface area contributed by atoms with Gasteiger partial charge in [0.05, 0.1) is 0 Å². The maximum absolute atomic E-state index is 11.1. The van der Waals surface area contributed by atoms with Crippen LogP contribution in [0.3, 0.4) is 0 Å². The van der Waals surface area contributed by atoms with Gasteiger partial charge >= 0.3 is 0 Å². The van der Waals surface area contributed by atoms with E-state index in [-0.39, 0.29) is 11.9 Å². The lowest BCUT2D eigenvalue weighted by Gasteiger charge is -2.12. The topological polar surface area (TPSA) is 49.8 Å². The van der Waals surface area contributed by atoms with E-state index in [0.717, 1.165) is 24.2 Å². The van der Waals surface area contributed by atoms with Gasteiger partial charge in [0.1, 0.15) is 0 Å². The van der Waals surface area contributed by atoms with Gasteiger partial charge in [0.2, 0.25) is 5.91 Å². The van der Waals surface area contributed by atoms with Gasteiger partial charge in [-0.3, -0.25) is 4.79 Å². The molecule has 1 saturated heterocycles. The zero-order chi connectivity index (χ0) is 10.8. The minimum absolute atomic E-state index is 0.153. The van der Waals surface area contributed by atoms with E-state index in [0.29, 0.717) is 6.42 Å². The molecule has 1 fully saturated rings. The van der Waals surface area contributed by atoms with Crippen LogP contribution in [0.25, 0.3) is 0 Å². The summed E-state index contributed by atoms with van der Waals surface area (Å²) in [5.41, 5.74) is 1.20. The van der Waals surface area contributed by atoms with Crippen LogP contribution >= 0.6 is 12.2 Å². The summed E-state index contributed by atoms with van der Waals surface area (Å²) in [7, 11) is 0. The van der Waals surface area contributed by atoms with Crippen LogP contribution in [0.4, 0.5) is 0 Å². The predicted octanol–water partition coefficient (Wildman–Crippen LogP) is 1.39. The van der Waals surface area contributed by atoms with Crippen molar-refractivity contribution in [3.8, 4) is 0 Å². The first-order valence-corrected chi connectivity index (χ1v) is 5.68. The fourth-order valence-corrected chi connectivity index (χ4v) is 2.21. The molecular formula is C10H15N3OS. The predicted molar refractivity (Wildman–Crippen MR) is 60.2 cm³/mol. The summed E-state index contributed by atoms with van der Waals surface area (Å²) in [4.78, 5) is 14.1. The third-order valence-corrected chi connectivity index (χ3v) is 3.14.